The third kappa shape index (κ3) is 3.55. The van der Waals surface area contributed by atoms with E-state index in [-0.39, 0.29) is 5.41 Å². The van der Waals surface area contributed by atoms with Crippen molar-refractivity contribution in [3.8, 4) is 0 Å². The molecule has 0 aromatic rings. The maximum atomic E-state index is 12.8. The number of rotatable bonds is 4. The standard InChI is InChI=1S/C17H32N2O/c1-4-7-17(8-10-18-11-9-17)16(20)19-15-6-5-13(2)14(3)12-15/h13-15,18H,4-12H2,1-3H3,(H,19,20). The lowest BCUT2D eigenvalue weighted by atomic mass is 9.73. The molecule has 20 heavy (non-hydrogen) atoms. The van der Waals surface area contributed by atoms with Crippen LogP contribution < -0.4 is 10.6 Å². The van der Waals surface area contributed by atoms with Crippen LogP contribution in [-0.2, 0) is 4.79 Å². The monoisotopic (exact) mass is 280 g/mol. The van der Waals surface area contributed by atoms with Crippen molar-refractivity contribution < 1.29 is 4.79 Å². The highest BCUT2D eigenvalue weighted by atomic mass is 16.2. The van der Waals surface area contributed by atoms with Crippen molar-refractivity contribution >= 4 is 5.91 Å². The molecule has 0 aromatic carbocycles. The van der Waals surface area contributed by atoms with Gasteiger partial charge in [0.25, 0.3) is 0 Å². The molecule has 1 saturated heterocycles. The van der Waals surface area contributed by atoms with Crippen LogP contribution in [0.1, 0.15) is 65.7 Å². The molecule has 0 radical (unpaired) electrons. The number of carbonyl (C=O) groups is 1. The van der Waals surface area contributed by atoms with Gasteiger partial charge in [-0.25, -0.2) is 0 Å². The Hall–Kier alpha value is -0.570. The lowest BCUT2D eigenvalue weighted by Crippen LogP contribution is -2.51. The van der Waals surface area contributed by atoms with E-state index < -0.39 is 0 Å². The quantitative estimate of drug-likeness (QED) is 0.831. The average molecular weight is 280 g/mol. The third-order valence-electron chi connectivity index (χ3n) is 5.70. The van der Waals surface area contributed by atoms with Crippen LogP contribution in [0.3, 0.4) is 0 Å². The minimum atomic E-state index is -0.0910. The van der Waals surface area contributed by atoms with Gasteiger partial charge in [0.2, 0.25) is 5.91 Å². The van der Waals surface area contributed by atoms with Gasteiger partial charge in [-0.15, -0.1) is 0 Å². The molecule has 2 aliphatic rings. The van der Waals surface area contributed by atoms with Crippen LogP contribution in [0.5, 0.6) is 0 Å². The van der Waals surface area contributed by atoms with E-state index >= 15 is 0 Å². The van der Waals surface area contributed by atoms with E-state index in [1.165, 1.54) is 6.42 Å². The van der Waals surface area contributed by atoms with Crippen LogP contribution in [-0.4, -0.2) is 25.0 Å². The molecule has 0 bridgehead atoms. The molecule has 0 spiro atoms. The molecule has 1 saturated carbocycles. The van der Waals surface area contributed by atoms with Crippen LogP contribution >= 0.6 is 0 Å². The molecule has 3 atom stereocenters. The number of amides is 1. The number of hydrogen-bond donors (Lipinski definition) is 2. The molecule has 1 amide bonds. The minimum absolute atomic E-state index is 0.0910. The second-order valence-corrected chi connectivity index (χ2v) is 7.22. The smallest absolute Gasteiger partial charge is 0.226 e. The van der Waals surface area contributed by atoms with Gasteiger partial charge in [-0.1, -0.05) is 27.2 Å². The third-order valence-corrected chi connectivity index (χ3v) is 5.70. The normalized spacial score (nSPS) is 33.6. The summed E-state index contributed by atoms with van der Waals surface area (Å²) < 4.78 is 0. The van der Waals surface area contributed by atoms with Gasteiger partial charge in [-0.05, 0) is 63.5 Å². The second-order valence-electron chi connectivity index (χ2n) is 7.22. The molecule has 3 nitrogen and oxygen atoms in total. The summed E-state index contributed by atoms with van der Waals surface area (Å²) in [5, 5.41) is 6.79. The van der Waals surface area contributed by atoms with E-state index in [1.54, 1.807) is 0 Å². The Labute approximate surface area is 124 Å². The van der Waals surface area contributed by atoms with Crippen LogP contribution in [0, 0.1) is 17.3 Å². The molecule has 1 heterocycles. The molecule has 0 aromatic heterocycles. The summed E-state index contributed by atoms with van der Waals surface area (Å²) in [7, 11) is 0. The highest BCUT2D eigenvalue weighted by molar-refractivity contribution is 5.83. The fraction of sp³-hybridized carbons (Fsp3) is 0.941. The fourth-order valence-electron chi connectivity index (χ4n) is 3.99. The van der Waals surface area contributed by atoms with E-state index in [9.17, 15) is 4.79 Å². The van der Waals surface area contributed by atoms with Crippen molar-refractivity contribution in [3.05, 3.63) is 0 Å². The zero-order chi connectivity index (χ0) is 14.6. The number of hydrogen-bond acceptors (Lipinski definition) is 2. The highest BCUT2D eigenvalue weighted by Crippen LogP contribution is 2.36. The van der Waals surface area contributed by atoms with Crippen molar-refractivity contribution in [2.45, 2.75) is 71.8 Å². The van der Waals surface area contributed by atoms with Crippen molar-refractivity contribution in [2.24, 2.45) is 17.3 Å². The fourth-order valence-corrected chi connectivity index (χ4v) is 3.99. The predicted molar refractivity (Wildman–Crippen MR) is 83.6 cm³/mol. The Kier molecular flexibility index (Phi) is 5.48. The Morgan fingerprint density at radius 1 is 1.20 bits per heavy atom. The van der Waals surface area contributed by atoms with Crippen LogP contribution in [0.4, 0.5) is 0 Å². The van der Waals surface area contributed by atoms with E-state index in [0.29, 0.717) is 11.9 Å². The predicted octanol–water partition coefficient (Wildman–Crippen LogP) is 3.10. The zero-order valence-corrected chi connectivity index (χ0v) is 13.5. The first kappa shape index (κ1) is 15.8. The Bertz CT molecular complexity index is 317. The van der Waals surface area contributed by atoms with Gasteiger partial charge in [-0.2, -0.15) is 0 Å². The molecule has 2 fully saturated rings. The molecule has 3 unspecified atom stereocenters. The van der Waals surface area contributed by atoms with E-state index in [2.05, 4.69) is 31.4 Å². The maximum absolute atomic E-state index is 12.8. The van der Waals surface area contributed by atoms with Gasteiger partial charge >= 0.3 is 0 Å². The summed E-state index contributed by atoms with van der Waals surface area (Å²) in [4.78, 5) is 12.8. The summed E-state index contributed by atoms with van der Waals surface area (Å²) >= 11 is 0. The average Bonchev–Trinajstić information content (AvgIpc) is 2.44. The summed E-state index contributed by atoms with van der Waals surface area (Å²) in [5.41, 5.74) is -0.0910. The SMILES string of the molecule is CCCC1(C(=O)NC2CCC(C)C(C)C2)CCNCC1. The largest absolute Gasteiger partial charge is 0.353 e. The number of piperidine rings is 1. The van der Waals surface area contributed by atoms with Gasteiger partial charge in [0.05, 0.1) is 5.41 Å². The van der Waals surface area contributed by atoms with Crippen molar-refractivity contribution in [2.75, 3.05) is 13.1 Å². The van der Waals surface area contributed by atoms with Crippen molar-refractivity contribution in [3.63, 3.8) is 0 Å². The van der Waals surface area contributed by atoms with Gasteiger partial charge in [0.1, 0.15) is 0 Å². The molecular weight excluding hydrogens is 248 g/mol. The summed E-state index contributed by atoms with van der Waals surface area (Å²) in [6.45, 7) is 8.85. The lowest BCUT2D eigenvalue weighted by Gasteiger charge is -2.39. The van der Waals surface area contributed by atoms with Gasteiger partial charge in [-0.3, -0.25) is 4.79 Å². The molecule has 2 rings (SSSR count). The topological polar surface area (TPSA) is 41.1 Å². The van der Waals surface area contributed by atoms with E-state index in [1.807, 2.05) is 0 Å². The second kappa shape index (κ2) is 6.93. The first-order valence-electron chi connectivity index (χ1n) is 8.59. The Morgan fingerprint density at radius 2 is 1.90 bits per heavy atom. The molecule has 3 heteroatoms. The highest BCUT2D eigenvalue weighted by Gasteiger charge is 2.39. The van der Waals surface area contributed by atoms with Gasteiger partial charge in [0, 0.05) is 6.04 Å². The molecule has 116 valence electrons. The van der Waals surface area contributed by atoms with Crippen molar-refractivity contribution in [1.82, 2.24) is 10.6 Å². The Morgan fingerprint density at radius 3 is 2.50 bits per heavy atom. The summed E-state index contributed by atoms with van der Waals surface area (Å²) in [5.74, 6) is 1.89. The zero-order valence-electron chi connectivity index (χ0n) is 13.5. The van der Waals surface area contributed by atoms with Gasteiger partial charge in [0.15, 0.2) is 0 Å². The summed E-state index contributed by atoms with van der Waals surface area (Å²) in [6.07, 6.45) is 7.74. The van der Waals surface area contributed by atoms with Gasteiger partial charge < -0.3 is 10.6 Å². The molecule has 1 aliphatic carbocycles. The van der Waals surface area contributed by atoms with E-state index in [4.69, 9.17) is 0 Å². The first-order valence-corrected chi connectivity index (χ1v) is 8.59. The molecular formula is C17H32N2O. The van der Waals surface area contributed by atoms with Crippen LogP contribution in [0.2, 0.25) is 0 Å². The number of nitrogens with one attached hydrogen (secondary N) is 2. The van der Waals surface area contributed by atoms with Crippen LogP contribution in [0.25, 0.3) is 0 Å². The maximum Gasteiger partial charge on any atom is 0.226 e. The van der Waals surface area contributed by atoms with E-state index in [0.717, 1.165) is 63.5 Å². The Balaban J connectivity index is 1.94. The lowest BCUT2D eigenvalue weighted by molar-refractivity contribution is -0.134. The summed E-state index contributed by atoms with van der Waals surface area (Å²) in [6, 6.07) is 0.414. The van der Waals surface area contributed by atoms with Crippen molar-refractivity contribution in [1.29, 1.82) is 0 Å². The first-order chi connectivity index (χ1) is 9.57. The molecule has 1 aliphatic heterocycles. The van der Waals surface area contributed by atoms with Crippen LogP contribution in [0.15, 0.2) is 0 Å². The number of carbonyl (C=O) groups excluding carboxylic acids is 1. The minimum Gasteiger partial charge on any atom is -0.353 e. The molecule has 2 N–H and O–H groups in total.